The van der Waals surface area contributed by atoms with Crippen molar-refractivity contribution in [2.45, 2.75) is 12.7 Å². The van der Waals surface area contributed by atoms with Gasteiger partial charge in [-0.25, -0.2) is 0 Å². The number of nitrogens with zero attached hydrogens (tertiary/aromatic N) is 2. The van der Waals surface area contributed by atoms with Crippen LogP contribution in [0, 0.1) is 0 Å². The maximum absolute atomic E-state index is 12.4. The first-order valence-electron chi connectivity index (χ1n) is 5.96. The average Bonchev–Trinajstić information content (AvgIpc) is 2.80. The Morgan fingerprint density at radius 3 is 2.62 bits per heavy atom. The Bertz CT molecular complexity index is 499. The van der Waals surface area contributed by atoms with E-state index in [4.69, 9.17) is 9.84 Å². The molecular weight excluding hydrogens is 293 g/mol. The van der Waals surface area contributed by atoms with Gasteiger partial charge in [-0.15, -0.1) is 0 Å². The Morgan fingerprint density at radius 2 is 2.10 bits per heavy atom. The number of hydrogen-bond acceptors (Lipinski definition) is 3. The number of carbonyl (C=O) groups excluding carboxylic acids is 1. The van der Waals surface area contributed by atoms with Gasteiger partial charge in [0.1, 0.15) is 18.8 Å². The number of aliphatic carboxylic acids is 1. The molecule has 0 radical (unpaired) electrons. The highest BCUT2D eigenvalue weighted by Gasteiger charge is 2.35. The lowest BCUT2D eigenvalue weighted by molar-refractivity contribution is -0.149. The Balaban J connectivity index is 2.94. The molecule has 1 heterocycles. The Hall–Kier alpha value is -2.03. The van der Waals surface area contributed by atoms with E-state index in [0.717, 1.165) is 0 Å². The monoisotopic (exact) mass is 308 g/mol. The van der Waals surface area contributed by atoms with Crippen LogP contribution in [-0.4, -0.2) is 59.4 Å². The first kappa shape index (κ1) is 17.0. The van der Waals surface area contributed by atoms with Gasteiger partial charge in [-0.2, -0.15) is 13.2 Å². The molecule has 1 rings (SSSR count). The van der Waals surface area contributed by atoms with Crippen molar-refractivity contribution in [1.29, 1.82) is 0 Å². The molecule has 0 aliphatic rings. The third-order valence-electron chi connectivity index (χ3n) is 2.57. The largest absolute Gasteiger partial charge is 0.480 e. The van der Waals surface area contributed by atoms with Gasteiger partial charge in [-0.3, -0.25) is 9.59 Å². The Labute approximate surface area is 118 Å². The number of carbonyl (C=O) groups is 2. The van der Waals surface area contributed by atoms with Crippen LogP contribution in [0.3, 0.4) is 0 Å². The Kier molecular flexibility index (Phi) is 5.77. The molecule has 1 aromatic rings. The lowest BCUT2D eigenvalue weighted by atomic mass is 10.3. The van der Waals surface area contributed by atoms with Crippen molar-refractivity contribution in [1.82, 2.24) is 9.47 Å². The molecule has 0 aliphatic heterocycles. The first-order chi connectivity index (χ1) is 9.74. The van der Waals surface area contributed by atoms with Gasteiger partial charge in [-0.05, 0) is 12.1 Å². The minimum Gasteiger partial charge on any atom is -0.480 e. The molecule has 1 aromatic heterocycles. The molecule has 118 valence electrons. The number of amides is 1. The van der Waals surface area contributed by atoms with E-state index in [2.05, 4.69) is 0 Å². The van der Waals surface area contributed by atoms with Crippen molar-refractivity contribution in [3.05, 3.63) is 24.0 Å². The van der Waals surface area contributed by atoms with Gasteiger partial charge in [0.05, 0.1) is 6.61 Å². The number of carboxylic acids is 1. The minimum atomic E-state index is -4.67. The van der Waals surface area contributed by atoms with Crippen molar-refractivity contribution in [3.8, 4) is 0 Å². The van der Waals surface area contributed by atoms with E-state index >= 15 is 0 Å². The van der Waals surface area contributed by atoms with Crippen molar-refractivity contribution in [3.63, 3.8) is 0 Å². The fraction of sp³-hybridized carbons (Fsp3) is 0.500. The van der Waals surface area contributed by atoms with Crippen LogP contribution in [0.4, 0.5) is 13.2 Å². The molecular formula is C12H15F3N2O4. The van der Waals surface area contributed by atoms with Gasteiger partial charge < -0.3 is 19.3 Å². The zero-order valence-electron chi connectivity index (χ0n) is 11.3. The van der Waals surface area contributed by atoms with Crippen molar-refractivity contribution in [2.24, 2.45) is 0 Å². The molecule has 0 fully saturated rings. The van der Waals surface area contributed by atoms with Crippen LogP contribution in [-0.2, 0) is 16.1 Å². The van der Waals surface area contributed by atoms with Crippen LogP contribution < -0.4 is 0 Å². The summed E-state index contributed by atoms with van der Waals surface area (Å²) in [5.74, 6) is -2.50. The lowest BCUT2D eigenvalue weighted by Gasteiger charge is -2.22. The number of methoxy groups -OCH3 is 1. The molecule has 1 amide bonds. The average molecular weight is 308 g/mol. The maximum Gasteiger partial charge on any atom is 0.406 e. The topological polar surface area (TPSA) is 71.8 Å². The van der Waals surface area contributed by atoms with E-state index in [9.17, 15) is 22.8 Å². The summed E-state index contributed by atoms with van der Waals surface area (Å²) in [6, 6.07) is 2.83. The highest BCUT2D eigenvalue weighted by molar-refractivity contribution is 5.94. The summed E-state index contributed by atoms with van der Waals surface area (Å²) in [5, 5.41) is 8.65. The van der Waals surface area contributed by atoms with E-state index in [1.54, 1.807) is 0 Å². The van der Waals surface area contributed by atoms with Crippen LogP contribution in [0.2, 0.25) is 0 Å². The maximum atomic E-state index is 12.4. The molecule has 0 unspecified atom stereocenters. The van der Waals surface area contributed by atoms with Gasteiger partial charge in [-0.1, -0.05) is 0 Å². The van der Waals surface area contributed by atoms with Crippen LogP contribution >= 0.6 is 0 Å². The quantitative estimate of drug-likeness (QED) is 0.822. The van der Waals surface area contributed by atoms with Gasteiger partial charge in [0.2, 0.25) is 0 Å². The van der Waals surface area contributed by atoms with Crippen LogP contribution in [0.1, 0.15) is 10.5 Å². The summed E-state index contributed by atoms with van der Waals surface area (Å²) >= 11 is 0. The van der Waals surface area contributed by atoms with Crippen LogP contribution in [0.25, 0.3) is 0 Å². The van der Waals surface area contributed by atoms with E-state index in [1.807, 2.05) is 0 Å². The van der Waals surface area contributed by atoms with E-state index in [0.29, 0.717) is 0 Å². The van der Waals surface area contributed by atoms with Gasteiger partial charge in [0.25, 0.3) is 5.91 Å². The van der Waals surface area contributed by atoms with E-state index < -0.39 is 31.1 Å². The molecule has 0 saturated heterocycles. The second-order valence-electron chi connectivity index (χ2n) is 4.25. The summed E-state index contributed by atoms with van der Waals surface area (Å²) in [4.78, 5) is 23.0. The zero-order chi connectivity index (χ0) is 16.0. The van der Waals surface area contributed by atoms with E-state index in [1.165, 1.54) is 30.0 Å². The molecule has 0 saturated carbocycles. The standard InChI is InChI=1S/C12H15F3N2O4/c1-21-6-5-16-4-2-3-9(16)11(20)17(7-10(18)19)8-12(13,14)15/h2-4H,5-8H2,1H3,(H,18,19). The predicted molar refractivity (Wildman–Crippen MR) is 65.9 cm³/mol. The molecule has 9 heteroatoms. The van der Waals surface area contributed by atoms with Crippen LogP contribution in [0.15, 0.2) is 18.3 Å². The first-order valence-corrected chi connectivity index (χ1v) is 5.96. The second kappa shape index (κ2) is 7.11. The molecule has 0 aromatic carbocycles. The summed E-state index contributed by atoms with van der Waals surface area (Å²) in [6.07, 6.45) is -3.16. The lowest BCUT2D eigenvalue weighted by Crippen LogP contribution is -2.42. The summed E-state index contributed by atoms with van der Waals surface area (Å²) < 4.78 is 43.6. The molecule has 0 atom stereocenters. The SMILES string of the molecule is COCCn1cccc1C(=O)N(CC(=O)O)CC(F)(F)F. The van der Waals surface area contributed by atoms with E-state index in [-0.39, 0.29) is 23.7 Å². The zero-order valence-corrected chi connectivity index (χ0v) is 11.3. The molecule has 6 nitrogen and oxygen atoms in total. The number of aromatic nitrogens is 1. The normalized spacial score (nSPS) is 11.4. The molecule has 0 spiro atoms. The fourth-order valence-electron chi connectivity index (χ4n) is 1.73. The number of carboxylic acid groups (broad SMARTS) is 1. The molecule has 1 N–H and O–H groups in total. The van der Waals surface area contributed by atoms with Gasteiger partial charge >= 0.3 is 12.1 Å². The summed E-state index contributed by atoms with van der Waals surface area (Å²) in [6.45, 7) is -2.09. The van der Waals surface area contributed by atoms with Gasteiger partial charge in [0.15, 0.2) is 0 Å². The number of ether oxygens (including phenoxy) is 1. The Morgan fingerprint density at radius 1 is 1.43 bits per heavy atom. The number of rotatable bonds is 7. The van der Waals surface area contributed by atoms with Crippen LogP contribution in [0.5, 0.6) is 0 Å². The number of hydrogen-bond donors (Lipinski definition) is 1. The second-order valence-corrected chi connectivity index (χ2v) is 4.25. The smallest absolute Gasteiger partial charge is 0.406 e. The summed E-state index contributed by atoms with van der Waals surface area (Å²) in [7, 11) is 1.45. The van der Waals surface area contributed by atoms with Crippen molar-refractivity contribution in [2.75, 3.05) is 26.8 Å². The number of halogens is 3. The minimum absolute atomic E-state index is 0.0162. The third kappa shape index (κ3) is 5.46. The van der Waals surface area contributed by atoms with Crippen molar-refractivity contribution < 1.29 is 32.6 Å². The van der Waals surface area contributed by atoms with Crippen molar-refractivity contribution >= 4 is 11.9 Å². The molecule has 21 heavy (non-hydrogen) atoms. The highest BCUT2D eigenvalue weighted by Crippen LogP contribution is 2.18. The third-order valence-corrected chi connectivity index (χ3v) is 2.57. The molecule has 0 bridgehead atoms. The summed E-state index contributed by atoms with van der Waals surface area (Å²) in [5.41, 5.74) is -0.0162. The fourth-order valence-corrected chi connectivity index (χ4v) is 1.73. The highest BCUT2D eigenvalue weighted by atomic mass is 19.4. The number of alkyl halides is 3. The predicted octanol–water partition coefficient (Wildman–Crippen LogP) is 1.22. The molecule has 0 aliphatic carbocycles. The van der Waals surface area contributed by atoms with Gasteiger partial charge in [0, 0.05) is 19.9 Å².